The summed E-state index contributed by atoms with van der Waals surface area (Å²) in [6.07, 6.45) is 0. The van der Waals surface area contributed by atoms with Gasteiger partial charge in [0, 0.05) is 10.0 Å². The van der Waals surface area contributed by atoms with Crippen molar-refractivity contribution >= 4 is 89.4 Å². The Bertz CT molecular complexity index is 1350. The third-order valence-corrected chi connectivity index (χ3v) is 8.30. The van der Waals surface area contributed by atoms with Crippen molar-refractivity contribution in [1.29, 1.82) is 0 Å². The quantitative estimate of drug-likeness (QED) is 0.334. The molecule has 0 aliphatic heterocycles. The highest BCUT2D eigenvalue weighted by Gasteiger charge is 2.23. The minimum absolute atomic E-state index is 0.0762. The molecule has 164 valence electrons. The van der Waals surface area contributed by atoms with E-state index in [9.17, 15) is 16.8 Å². The van der Waals surface area contributed by atoms with Gasteiger partial charge in [0.1, 0.15) is 0 Å². The first kappa shape index (κ1) is 24.3. The lowest BCUT2D eigenvalue weighted by Gasteiger charge is -2.16. The van der Waals surface area contributed by atoms with E-state index in [1.807, 2.05) is 0 Å². The second kappa shape index (κ2) is 9.23. The molecule has 0 spiro atoms. The fourth-order valence-electron chi connectivity index (χ4n) is 2.39. The highest BCUT2D eigenvalue weighted by Crippen LogP contribution is 2.43. The Kier molecular flexibility index (Phi) is 7.22. The summed E-state index contributed by atoms with van der Waals surface area (Å²) < 4.78 is 54.9. The number of sulfonamides is 2. The van der Waals surface area contributed by atoms with Crippen LogP contribution in [0.25, 0.3) is 0 Å². The van der Waals surface area contributed by atoms with Crippen LogP contribution < -0.4 is 9.44 Å². The van der Waals surface area contributed by atoms with Crippen LogP contribution in [0, 0.1) is 0 Å². The first-order valence-electron chi connectivity index (χ1n) is 8.15. The largest absolute Gasteiger partial charge is 0.278 e. The molecule has 13 heteroatoms. The van der Waals surface area contributed by atoms with Crippen LogP contribution in [0.1, 0.15) is 0 Å². The van der Waals surface area contributed by atoms with Crippen molar-refractivity contribution in [2.24, 2.45) is 0 Å². The van der Waals surface area contributed by atoms with Gasteiger partial charge in [-0.3, -0.25) is 9.44 Å². The third-order valence-electron chi connectivity index (χ3n) is 3.89. The zero-order valence-corrected chi connectivity index (χ0v) is 20.4. The van der Waals surface area contributed by atoms with E-state index in [0.717, 1.165) is 6.07 Å². The molecule has 0 aliphatic carbocycles. The molecule has 0 unspecified atom stereocenters. The van der Waals surface area contributed by atoms with Crippen molar-refractivity contribution in [2.45, 2.75) is 9.79 Å². The number of anilines is 2. The lowest BCUT2D eigenvalue weighted by atomic mass is 10.3. The lowest BCUT2D eigenvalue weighted by Crippen LogP contribution is -2.15. The molecule has 0 bridgehead atoms. The smallest absolute Gasteiger partial charge is 0.261 e. The van der Waals surface area contributed by atoms with Crippen molar-refractivity contribution < 1.29 is 16.8 Å². The van der Waals surface area contributed by atoms with Gasteiger partial charge < -0.3 is 0 Å². The normalized spacial score (nSPS) is 11.9. The van der Waals surface area contributed by atoms with Crippen LogP contribution in [0.15, 0.2) is 64.4 Å². The summed E-state index contributed by atoms with van der Waals surface area (Å²) in [6, 6.07) is 12.0. The topological polar surface area (TPSA) is 92.3 Å². The van der Waals surface area contributed by atoms with E-state index in [1.165, 1.54) is 48.5 Å². The average molecular weight is 561 g/mol. The lowest BCUT2D eigenvalue weighted by molar-refractivity contribution is 0.599. The predicted molar refractivity (Wildman–Crippen MR) is 126 cm³/mol. The van der Waals surface area contributed by atoms with E-state index in [0.29, 0.717) is 10.0 Å². The summed E-state index contributed by atoms with van der Waals surface area (Å²) in [6.45, 7) is 0. The van der Waals surface area contributed by atoms with E-state index in [-0.39, 0.29) is 36.2 Å². The van der Waals surface area contributed by atoms with E-state index >= 15 is 0 Å². The molecule has 2 N–H and O–H groups in total. The van der Waals surface area contributed by atoms with Crippen molar-refractivity contribution in [3.8, 4) is 0 Å². The number of hydrogen-bond acceptors (Lipinski definition) is 4. The molecule has 0 aliphatic rings. The molecular formula is C18H11Cl5N2O4S2. The third kappa shape index (κ3) is 5.51. The highest BCUT2D eigenvalue weighted by molar-refractivity contribution is 7.93. The minimum Gasteiger partial charge on any atom is -0.278 e. The number of halogens is 5. The van der Waals surface area contributed by atoms with Gasteiger partial charge in [-0.05, 0) is 54.6 Å². The molecule has 0 aromatic heterocycles. The van der Waals surface area contributed by atoms with Crippen LogP contribution >= 0.6 is 58.0 Å². The monoisotopic (exact) mass is 558 g/mol. The van der Waals surface area contributed by atoms with E-state index in [4.69, 9.17) is 58.0 Å². The molecule has 0 amide bonds. The first-order chi connectivity index (χ1) is 14.4. The first-order valence-corrected chi connectivity index (χ1v) is 13.0. The van der Waals surface area contributed by atoms with Crippen molar-refractivity contribution in [2.75, 3.05) is 9.44 Å². The van der Waals surface area contributed by atoms with Gasteiger partial charge >= 0.3 is 0 Å². The maximum absolute atomic E-state index is 12.6. The Morgan fingerprint density at radius 3 is 1.45 bits per heavy atom. The molecule has 0 saturated heterocycles. The summed E-state index contributed by atoms with van der Waals surface area (Å²) in [7, 11) is -8.12. The molecule has 6 nitrogen and oxygen atoms in total. The zero-order chi connectivity index (χ0) is 23.0. The van der Waals surface area contributed by atoms with Gasteiger partial charge in [-0.2, -0.15) is 0 Å². The van der Waals surface area contributed by atoms with Crippen molar-refractivity contribution in [3.05, 3.63) is 79.7 Å². The van der Waals surface area contributed by atoms with E-state index in [2.05, 4.69) is 9.44 Å². The summed E-state index contributed by atoms with van der Waals surface area (Å²) in [5, 5.41) is -0.00514. The Balaban J connectivity index is 1.95. The Morgan fingerprint density at radius 2 is 1.00 bits per heavy atom. The molecule has 0 saturated carbocycles. The number of benzene rings is 3. The maximum Gasteiger partial charge on any atom is 0.261 e. The molecular weight excluding hydrogens is 550 g/mol. The Morgan fingerprint density at radius 1 is 0.581 bits per heavy atom. The molecule has 3 rings (SSSR count). The van der Waals surface area contributed by atoms with Gasteiger partial charge in [0.15, 0.2) is 0 Å². The summed E-state index contributed by atoms with van der Waals surface area (Å²) >= 11 is 30.1. The van der Waals surface area contributed by atoms with E-state index in [1.54, 1.807) is 0 Å². The van der Waals surface area contributed by atoms with Crippen molar-refractivity contribution in [3.63, 3.8) is 0 Å². The summed E-state index contributed by atoms with van der Waals surface area (Å²) in [4.78, 5) is -0.166. The van der Waals surface area contributed by atoms with Crippen molar-refractivity contribution in [1.82, 2.24) is 0 Å². The second-order valence-electron chi connectivity index (χ2n) is 6.03. The molecule has 0 heterocycles. The van der Waals surface area contributed by atoms with Crippen LogP contribution in [0.4, 0.5) is 11.4 Å². The molecule has 0 fully saturated rings. The number of hydrogen-bond donors (Lipinski definition) is 2. The van der Waals surface area contributed by atoms with Gasteiger partial charge in [-0.1, -0.05) is 58.0 Å². The van der Waals surface area contributed by atoms with E-state index < -0.39 is 20.0 Å². The van der Waals surface area contributed by atoms with Gasteiger partial charge in [0.25, 0.3) is 20.0 Å². The second-order valence-corrected chi connectivity index (χ2v) is 11.4. The molecule has 3 aromatic carbocycles. The molecule has 0 atom stereocenters. The van der Waals surface area contributed by atoms with Gasteiger partial charge in [-0.15, -0.1) is 0 Å². The van der Waals surface area contributed by atoms with Crippen LogP contribution in [-0.2, 0) is 20.0 Å². The number of rotatable bonds is 6. The summed E-state index contributed by atoms with van der Waals surface area (Å²) in [5.41, 5.74) is -0.348. The van der Waals surface area contributed by atoms with Gasteiger partial charge in [-0.25, -0.2) is 16.8 Å². The van der Waals surface area contributed by atoms with Gasteiger partial charge in [0.2, 0.25) is 0 Å². The minimum atomic E-state index is -4.07. The van der Waals surface area contributed by atoms with Crippen LogP contribution in [-0.4, -0.2) is 16.8 Å². The summed E-state index contributed by atoms with van der Waals surface area (Å²) in [5.74, 6) is 0. The molecule has 3 aromatic rings. The predicted octanol–water partition coefficient (Wildman–Crippen LogP) is 6.56. The maximum atomic E-state index is 12.6. The fraction of sp³-hybridized carbons (Fsp3) is 0. The Labute approximate surface area is 204 Å². The molecule has 0 radical (unpaired) electrons. The number of nitrogens with one attached hydrogen (secondary N) is 2. The highest BCUT2D eigenvalue weighted by atomic mass is 35.5. The SMILES string of the molecule is O=S(=O)(Nc1cc(Cl)c(NS(=O)(=O)c2ccc(Cl)cc2)c(Cl)c1Cl)c1ccc(Cl)cc1. The standard InChI is InChI=1S/C18H11Cl5N2O4S2/c19-10-1-5-12(6-2-10)30(26,27)24-15-9-14(21)18(17(23)16(15)22)25-31(28,29)13-7-3-11(20)4-8-13/h1-9,24-25H. The van der Waals surface area contributed by atoms with Crippen LogP contribution in [0.2, 0.25) is 25.1 Å². The van der Waals surface area contributed by atoms with Gasteiger partial charge in [0.05, 0.1) is 36.2 Å². The molecule has 31 heavy (non-hydrogen) atoms. The Hall–Kier alpha value is -1.39. The van der Waals surface area contributed by atoms with Crippen LogP contribution in [0.3, 0.4) is 0 Å². The zero-order valence-electron chi connectivity index (χ0n) is 15.0. The fourth-order valence-corrected chi connectivity index (χ4v) is 5.71. The average Bonchev–Trinajstić information content (AvgIpc) is 2.70. The van der Waals surface area contributed by atoms with Crippen LogP contribution in [0.5, 0.6) is 0 Å².